The van der Waals surface area contributed by atoms with Crippen LogP contribution in [0.2, 0.25) is 0 Å². The van der Waals surface area contributed by atoms with Crippen molar-refractivity contribution in [2.24, 2.45) is 0 Å². The fraction of sp³-hybridized carbons (Fsp3) is 0.538. The predicted octanol–water partition coefficient (Wildman–Crippen LogP) is 1.39. The molecule has 0 amide bonds. The van der Waals surface area contributed by atoms with E-state index in [4.69, 9.17) is 5.73 Å². The third-order valence-corrected chi connectivity index (χ3v) is 4.79. The summed E-state index contributed by atoms with van der Waals surface area (Å²) in [7, 11) is 0. The van der Waals surface area contributed by atoms with E-state index in [2.05, 4.69) is 26.1 Å². The van der Waals surface area contributed by atoms with Gasteiger partial charge in [-0.25, -0.2) is 0 Å². The number of nitrogens with one attached hydrogen (secondary N) is 1. The van der Waals surface area contributed by atoms with Crippen LogP contribution in [0.4, 0.5) is 5.69 Å². The molecule has 0 spiro atoms. The first-order chi connectivity index (χ1) is 9.15. The van der Waals surface area contributed by atoms with E-state index in [-0.39, 0.29) is 6.10 Å². The summed E-state index contributed by atoms with van der Waals surface area (Å²) in [5, 5.41) is 13.4. The molecule has 0 saturated carbocycles. The molecule has 0 radical (unpaired) electrons. The molecular weight excluding hydrogens is 326 g/mol. The van der Waals surface area contributed by atoms with Gasteiger partial charge in [0.2, 0.25) is 0 Å². The quantitative estimate of drug-likeness (QED) is 0.556. The molecule has 1 unspecified atom stereocenters. The van der Waals surface area contributed by atoms with E-state index in [0.717, 1.165) is 47.8 Å². The molecule has 4 nitrogen and oxygen atoms in total. The van der Waals surface area contributed by atoms with Crippen LogP contribution in [0.1, 0.15) is 0 Å². The highest BCUT2D eigenvalue weighted by molar-refractivity contribution is 9.10. The van der Waals surface area contributed by atoms with Gasteiger partial charge in [-0.1, -0.05) is 15.9 Å². The lowest BCUT2D eigenvalue weighted by atomic mass is 10.3. The summed E-state index contributed by atoms with van der Waals surface area (Å²) in [5.41, 5.74) is 6.68. The maximum Gasteiger partial charge on any atom is 0.0760 e. The number of thioether (sulfide) groups is 1. The average Bonchev–Trinajstić information content (AvgIpc) is 2.41. The van der Waals surface area contributed by atoms with Crippen LogP contribution in [0.15, 0.2) is 27.6 Å². The zero-order valence-electron chi connectivity index (χ0n) is 10.8. The van der Waals surface area contributed by atoms with Crippen LogP contribution < -0.4 is 11.1 Å². The van der Waals surface area contributed by atoms with Crippen LogP contribution in [-0.2, 0) is 0 Å². The van der Waals surface area contributed by atoms with Crippen LogP contribution in [0.3, 0.4) is 0 Å². The molecule has 2 rings (SSSR count). The molecule has 1 aromatic carbocycles. The molecule has 4 N–H and O–H groups in total. The van der Waals surface area contributed by atoms with Gasteiger partial charge in [-0.15, -0.1) is 11.8 Å². The second-order valence-electron chi connectivity index (χ2n) is 4.70. The Kier molecular flexibility index (Phi) is 5.97. The number of nitrogens with two attached hydrogens (primary N) is 1. The van der Waals surface area contributed by atoms with Crippen molar-refractivity contribution < 1.29 is 5.11 Å². The highest BCUT2D eigenvalue weighted by atomic mass is 79.9. The highest BCUT2D eigenvalue weighted by Crippen LogP contribution is 2.28. The van der Waals surface area contributed by atoms with E-state index in [1.807, 2.05) is 18.2 Å². The van der Waals surface area contributed by atoms with E-state index in [0.29, 0.717) is 5.75 Å². The number of aliphatic hydroxyl groups excluding tert-OH is 1. The molecule has 6 heteroatoms. The number of hydrogen-bond acceptors (Lipinski definition) is 5. The molecule has 1 heterocycles. The Morgan fingerprint density at radius 3 is 2.89 bits per heavy atom. The van der Waals surface area contributed by atoms with Gasteiger partial charge in [-0.3, -0.25) is 4.90 Å². The summed E-state index contributed by atoms with van der Waals surface area (Å²) in [5.74, 6) is 0.671. The molecule has 1 atom stereocenters. The molecule has 0 aromatic heterocycles. The summed E-state index contributed by atoms with van der Waals surface area (Å²) in [6.45, 7) is 4.79. The van der Waals surface area contributed by atoms with Gasteiger partial charge in [-0.2, -0.15) is 0 Å². The van der Waals surface area contributed by atoms with Crippen molar-refractivity contribution in [3.05, 3.63) is 22.7 Å². The molecule has 19 heavy (non-hydrogen) atoms. The van der Waals surface area contributed by atoms with Crippen LogP contribution >= 0.6 is 27.7 Å². The number of nitrogen functional groups attached to an aromatic ring is 1. The first-order valence-corrected chi connectivity index (χ1v) is 8.22. The fourth-order valence-corrected chi connectivity index (χ4v) is 3.50. The predicted molar refractivity (Wildman–Crippen MR) is 84.6 cm³/mol. The Labute approximate surface area is 126 Å². The fourth-order valence-electron chi connectivity index (χ4n) is 2.06. The minimum absolute atomic E-state index is 0.318. The van der Waals surface area contributed by atoms with Gasteiger partial charge < -0.3 is 16.2 Å². The first-order valence-electron chi connectivity index (χ1n) is 6.44. The van der Waals surface area contributed by atoms with E-state index in [1.165, 1.54) is 0 Å². The third kappa shape index (κ3) is 4.96. The Balaban J connectivity index is 1.79. The molecule has 0 aliphatic carbocycles. The van der Waals surface area contributed by atoms with Crippen molar-refractivity contribution in [1.82, 2.24) is 10.2 Å². The summed E-state index contributed by atoms with van der Waals surface area (Å²) < 4.78 is 1.01. The zero-order chi connectivity index (χ0) is 13.7. The van der Waals surface area contributed by atoms with Crippen molar-refractivity contribution in [3.8, 4) is 0 Å². The third-order valence-electron chi connectivity index (χ3n) is 3.09. The Morgan fingerprint density at radius 1 is 1.42 bits per heavy atom. The van der Waals surface area contributed by atoms with Crippen molar-refractivity contribution in [2.45, 2.75) is 11.0 Å². The molecule has 1 aliphatic heterocycles. The summed E-state index contributed by atoms with van der Waals surface area (Å²) in [6, 6.07) is 5.81. The topological polar surface area (TPSA) is 61.5 Å². The number of halogens is 1. The molecule has 0 bridgehead atoms. The van der Waals surface area contributed by atoms with E-state index in [9.17, 15) is 5.11 Å². The molecule has 1 saturated heterocycles. The van der Waals surface area contributed by atoms with E-state index < -0.39 is 0 Å². The lowest BCUT2D eigenvalue weighted by Crippen LogP contribution is -2.46. The van der Waals surface area contributed by atoms with Crippen LogP contribution in [0, 0.1) is 0 Å². The van der Waals surface area contributed by atoms with Gasteiger partial charge >= 0.3 is 0 Å². The maximum absolute atomic E-state index is 10.1. The van der Waals surface area contributed by atoms with Gasteiger partial charge in [-0.05, 0) is 18.2 Å². The standard InChI is InChI=1S/C13H20BrN3OS/c14-10-1-2-12(15)13(7-10)19-9-11(18)8-17-5-3-16-4-6-17/h1-2,7,11,16,18H,3-6,8-9,15H2. The second kappa shape index (κ2) is 7.50. The number of piperazine rings is 1. The molecular formula is C13H20BrN3OS. The van der Waals surface area contributed by atoms with Gasteiger partial charge in [0.25, 0.3) is 0 Å². The van der Waals surface area contributed by atoms with Gasteiger partial charge in [0, 0.05) is 53.5 Å². The number of anilines is 1. The van der Waals surface area contributed by atoms with Crippen molar-refractivity contribution in [3.63, 3.8) is 0 Å². The van der Waals surface area contributed by atoms with Gasteiger partial charge in [0.1, 0.15) is 0 Å². The van der Waals surface area contributed by atoms with Gasteiger partial charge in [0.15, 0.2) is 0 Å². The zero-order valence-corrected chi connectivity index (χ0v) is 13.2. The van der Waals surface area contributed by atoms with E-state index >= 15 is 0 Å². The van der Waals surface area contributed by atoms with E-state index in [1.54, 1.807) is 11.8 Å². The van der Waals surface area contributed by atoms with Crippen molar-refractivity contribution >= 4 is 33.4 Å². The molecule has 1 aromatic rings. The van der Waals surface area contributed by atoms with Crippen molar-refractivity contribution in [1.29, 1.82) is 0 Å². The molecule has 1 fully saturated rings. The minimum atomic E-state index is -0.318. The van der Waals surface area contributed by atoms with Crippen LogP contribution in [0.5, 0.6) is 0 Å². The van der Waals surface area contributed by atoms with Crippen molar-refractivity contribution in [2.75, 3.05) is 44.2 Å². The summed E-state index contributed by atoms with van der Waals surface area (Å²) in [6.07, 6.45) is -0.318. The molecule has 106 valence electrons. The Bertz CT molecular complexity index is 413. The monoisotopic (exact) mass is 345 g/mol. The maximum atomic E-state index is 10.1. The smallest absolute Gasteiger partial charge is 0.0760 e. The Morgan fingerprint density at radius 2 is 2.16 bits per heavy atom. The Hall–Kier alpha value is -0.270. The highest BCUT2D eigenvalue weighted by Gasteiger charge is 2.14. The number of hydrogen-bond donors (Lipinski definition) is 3. The summed E-state index contributed by atoms with van der Waals surface area (Å²) >= 11 is 5.05. The number of rotatable bonds is 5. The molecule has 1 aliphatic rings. The second-order valence-corrected chi connectivity index (χ2v) is 6.68. The number of benzene rings is 1. The lowest BCUT2D eigenvalue weighted by molar-refractivity contribution is 0.121. The SMILES string of the molecule is Nc1ccc(Br)cc1SCC(O)CN1CCNCC1. The largest absolute Gasteiger partial charge is 0.398 e. The first kappa shape index (κ1) is 15.1. The van der Waals surface area contributed by atoms with Crippen LogP contribution in [0.25, 0.3) is 0 Å². The lowest BCUT2D eigenvalue weighted by Gasteiger charge is -2.29. The average molecular weight is 346 g/mol. The number of β-amino-alcohol motifs (C(OH)–C–C–N with tert-alkyl or cyclic N) is 1. The van der Waals surface area contributed by atoms with Gasteiger partial charge in [0.05, 0.1) is 6.10 Å². The summed E-state index contributed by atoms with van der Waals surface area (Å²) in [4.78, 5) is 3.32. The number of nitrogens with zero attached hydrogens (tertiary/aromatic N) is 1. The normalized spacial score (nSPS) is 18.4. The van der Waals surface area contributed by atoms with Crippen LogP contribution in [-0.4, -0.2) is 54.6 Å². The minimum Gasteiger partial charge on any atom is -0.398 e. The number of aliphatic hydroxyl groups is 1.